The molecule has 4 nitrogen and oxygen atoms in total. The number of hydrogen-bond acceptors (Lipinski definition) is 3. The van der Waals surface area contributed by atoms with Gasteiger partial charge in [0.25, 0.3) is 5.91 Å². The summed E-state index contributed by atoms with van der Waals surface area (Å²) < 4.78 is 13.1. The number of carbonyl (C=O) groups is 1. The van der Waals surface area contributed by atoms with Crippen molar-refractivity contribution in [3.8, 4) is 0 Å². The molecule has 1 heterocycles. The van der Waals surface area contributed by atoms with Crippen LogP contribution in [-0.2, 0) is 0 Å². The van der Waals surface area contributed by atoms with E-state index in [1.807, 2.05) is 0 Å². The molecular weight excluding hydrogens is 247 g/mol. The van der Waals surface area contributed by atoms with Gasteiger partial charge in [0.2, 0.25) is 0 Å². The van der Waals surface area contributed by atoms with E-state index in [1.165, 1.54) is 18.7 Å². The van der Waals surface area contributed by atoms with Crippen molar-refractivity contribution >= 4 is 5.91 Å². The Kier molecular flexibility index (Phi) is 4.85. The molecule has 1 N–H and O–H groups in total. The first kappa shape index (κ1) is 13.9. The van der Waals surface area contributed by atoms with E-state index >= 15 is 0 Å². The molecule has 1 fully saturated rings. The monoisotopic (exact) mass is 266 g/mol. The molecule has 0 atom stereocenters. The third-order valence-electron chi connectivity index (χ3n) is 3.57. The maximum absolute atomic E-state index is 13.1. The predicted octanol–water partition coefficient (Wildman–Crippen LogP) is 1.99. The number of aliphatic hydroxyl groups excluding tert-OH is 1. The third kappa shape index (κ3) is 3.50. The first-order valence-corrected chi connectivity index (χ1v) is 6.74. The number of nitrogens with zero attached hydrogens (tertiary/aromatic N) is 2. The van der Waals surface area contributed by atoms with Gasteiger partial charge in [-0.3, -0.25) is 9.78 Å². The molecule has 0 aliphatic heterocycles. The van der Waals surface area contributed by atoms with Crippen LogP contribution in [0.5, 0.6) is 0 Å². The normalized spacial score (nSPS) is 16.3. The molecule has 0 saturated heterocycles. The van der Waals surface area contributed by atoms with Gasteiger partial charge in [0.15, 0.2) is 0 Å². The van der Waals surface area contributed by atoms with Gasteiger partial charge in [-0.25, -0.2) is 4.39 Å². The van der Waals surface area contributed by atoms with Crippen molar-refractivity contribution in [2.75, 3.05) is 13.2 Å². The molecule has 0 aromatic carbocycles. The molecule has 2 rings (SSSR count). The number of halogens is 1. The number of pyridine rings is 1. The Labute approximate surface area is 112 Å². The van der Waals surface area contributed by atoms with E-state index in [4.69, 9.17) is 5.11 Å². The van der Waals surface area contributed by atoms with Crippen LogP contribution in [0.4, 0.5) is 4.39 Å². The highest BCUT2D eigenvalue weighted by Crippen LogP contribution is 2.23. The van der Waals surface area contributed by atoms with Crippen molar-refractivity contribution in [2.24, 2.45) is 0 Å². The minimum absolute atomic E-state index is 0.0784. The number of amides is 1. The fourth-order valence-corrected chi connectivity index (χ4v) is 2.65. The zero-order valence-corrected chi connectivity index (χ0v) is 10.9. The summed E-state index contributed by atoms with van der Waals surface area (Å²) in [6.45, 7) is 0.213. The van der Waals surface area contributed by atoms with Gasteiger partial charge in [0.1, 0.15) is 5.82 Å². The molecule has 1 amide bonds. The molecule has 0 radical (unpaired) electrons. The summed E-state index contributed by atoms with van der Waals surface area (Å²) in [6, 6.07) is 1.35. The fraction of sp³-hybridized carbons (Fsp3) is 0.571. The average Bonchev–Trinajstić information content (AvgIpc) is 2.45. The van der Waals surface area contributed by atoms with E-state index in [0.29, 0.717) is 6.54 Å². The van der Waals surface area contributed by atoms with Crippen LogP contribution in [0, 0.1) is 5.82 Å². The lowest BCUT2D eigenvalue weighted by Gasteiger charge is -2.34. The number of rotatable bonds is 4. The summed E-state index contributed by atoms with van der Waals surface area (Å²) in [7, 11) is 0. The van der Waals surface area contributed by atoms with Crippen molar-refractivity contribution in [3.63, 3.8) is 0 Å². The first-order chi connectivity index (χ1) is 9.22. The van der Waals surface area contributed by atoms with Crippen LogP contribution >= 0.6 is 0 Å². The van der Waals surface area contributed by atoms with Crippen molar-refractivity contribution < 1.29 is 14.3 Å². The summed E-state index contributed by atoms with van der Waals surface area (Å²) in [5.74, 6) is -0.758. The molecule has 1 aliphatic rings. The Balaban J connectivity index is 2.15. The maximum atomic E-state index is 13.1. The van der Waals surface area contributed by atoms with Gasteiger partial charge in [-0.2, -0.15) is 0 Å². The predicted molar refractivity (Wildman–Crippen MR) is 69.2 cm³/mol. The Morgan fingerprint density at radius 2 is 2.11 bits per heavy atom. The topological polar surface area (TPSA) is 53.4 Å². The van der Waals surface area contributed by atoms with Crippen LogP contribution in [0.2, 0.25) is 0 Å². The molecular formula is C14H19FN2O2. The molecule has 5 heteroatoms. The molecule has 1 aromatic rings. The van der Waals surface area contributed by atoms with Crippen LogP contribution in [0.1, 0.15) is 42.5 Å². The van der Waals surface area contributed by atoms with E-state index in [0.717, 1.165) is 31.9 Å². The van der Waals surface area contributed by atoms with Crippen LogP contribution in [-0.4, -0.2) is 40.1 Å². The highest BCUT2D eigenvalue weighted by molar-refractivity contribution is 5.94. The van der Waals surface area contributed by atoms with Gasteiger partial charge in [0, 0.05) is 18.8 Å². The first-order valence-electron chi connectivity index (χ1n) is 6.74. The van der Waals surface area contributed by atoms with Crippen LogP contribution in [0.25, 0.3) is 0 Å². The van der Waals surface area contributed by atoms with Gasteiger partial charge < -0.3 is 10.0 Å². The average molecular weight is 266 g/mol. The zero-order chi connectivity index (χ0) is 13.7. The Hall–Kier alpha value is -1.49. The van der Waals surface area contributed by atoms with Gasteiger partial charge in [0.05, 0.1) is 18.4 Å². The van der Waals surface area contributed by atoms with E-state index in [2.05, 4.69) is 4.98 Å². The SMILES string of the molecule is O=C(c1cncc(F)c1)N(CCO)C1CCCCC1. The quantitative estimate of drug-likeness (QED) is 0.906. The largest absolute Gasteiger partial charge is 0.395 e. The van der Waals surface area contributed by atoms with Gasteiger partial charge >= 0.3 is 0 Å². The van der Waals surface area contributed by atoms with Crippen LogP contribution in [0.15, 0.2) is 18.5 Å². The summed E-state index contributed by atoms with van der Waals surface area (Å²) in [4.78, 5) is 17.8. The molecule has 104 valence electrons. The fourth-order valence-electron chi connectivity index (χ4n) is 2.65. The molecule has 0 unspecified atom stereocenters. The second-order valence-corrected chi connectivity index (χ2v) is 4.91. The highest BCUT2D eigenvalue weighted by Gasteiger charge is 2.26. The van der Waals surface area contributed by atoms with Crippen molar-refractivity contribution in [1.29, 1.82) is 0 Å². The number of aliphatic hydroxyl groups is 1. The lowest BCUT2D eigenvalue weighted by atomic mass is 9.93. The minimum atomic E-state index is -0.515. The van der Waals surface area contributed by atoms with Crippen LogP contribution in [0.3, 0.4) is 0 Å². The Morgan fingerprint density at radius 3 is 2.74 bits per heavy atom. The number of aromatic nitrogens is 1. The third-order valence-corrected chi connectivity index (χ3v) is 3.57. The van der Waals surface area contributed by atoms with Crippen LogP contribution < -0.4 is 0 Å². The lowest BCUT2D eigenvalue weighted by molar-refractivity contribution is 0.0584. The van der Waals surface area contributed by atoms with E-state index < -0.39 is 5.82 Å². The van der Waals surface area contributed by atoms with Gasteiger partial charge in [-0.05, 0) is 18.9 Å². The van der Waals surface area contributed by atoms with E-state index in [1.54, 1.807) is 4.90 Å². The van der Waals surface area contributed by atoms with Crippen molar-refractivity contribution in [2.45, 2.75) is 38.1 Å². The van der Waals surface area contributed by atoms with Crippen molar-refractivity contribution in [1.82, 2.24) is 9.88 Å². The summed E-state index contributed by atoms with van der Waals surface area (Å²) >= 11 is 0. The summed E-state index contributed by atoms with van der Waals surface area (Å²) in [5.41, 5.74) is 0.249. The second kappa shape index (κ2) is 6.61. The Bertz CT molecular complexity index is 433. The molecule has 0 spiro atoms. The maximum Gasteiger partial charge on any atom is 0.255 e. The molecule has 1 aromatic heterocycles. The highest BCUT2D eigenvalue weighted by atomic mass is 19.1. The lowest BCUT2D eigenvalue weighted by Crippen LogP contribution is -2.43. The molecule has 0 bridgehead atoms. The van der Waals surface area contributed by atoms with Gasteiger partial charge in [-0.1, -0.05) is 19.3 Å². The van der Waals surface area contributed by atoms with E-state index in [-0.39, 0.29) is 24.1 Å². The second-order valence-electron chi connectivity index (χ2n) is 4.91. The smallest absolute Gasteiger partial charge is 0.255 e. The molecule has 1 saturated carbocycles. The van der Waals surface area contributed by atoms with Crippen molar-refractivity contribution in [3.05, 3.63) is 29.8 Å². The molecule has 1 aliphatic carbocycles. The van der Waals surface area contributed by atoms with Gasteiger partial charge in [-0.15, -0.1) is 0 Å². The standard InChI is InChI=1S/C14H19FN2O2/c15-12-8-11(9-16-10-12)14(19)17(6-7-18)13-4-2-1-3-5-13/h8-10,13,18H,1-7H2. The number of hydrogen-bond donors (Lipinski definition) is 1. The minimum Gasteiger partial charge on any atom is -0.395 e. The number of carbonyl (C=O) groups excluding carboxylic acids is 1. The molecule has 19 heavy (non-hydrogen) atoms. The Morgan fingerprint density at radius 1 is 1.37 bits per heavy atom. The van der Waals surface area contributed by atoms with E-state index in [9.17, 15) is 9.18 Å². The zero-order valence-electron chi connectivity index (χ0n) is 10.9. The summed E-state index contributed by atoms with van der Waals surface area (Å²) in [5, 5.41) is 9.13. The summed E-state index contributed by atoms with van der Waals surface area (Å²) in [6.07, 6.45) is 7.75.